The zero-order valence-corrected chi connectivity index (χ0v) is 55.6. The number of fused-ring (bicyclic) bond motifs is 2. The van der Waals surface area contributed by atoms with Gasteiger partial charge < -0.3 is 82.2 Å². The summed E-state index contributed by atoms with van der Waals surface area (Å²) in [7, 11) is 0. The van der Waals surface area contributed by atoms with Crippen molar-refractivity contribution in [3.05, 3.63) is 29.3 Å². The average Bonchev–Trinajstić information content (AvgIpc) is 1.69. The van der Waals surface area contributed by atoms with Crippen molar-refractivity contribution < 1.29 is 76.7 Å². The highest BCUT2D eigenvalue weighted by Crippen LogP contribution is 2.36. The normalized spacial score (nSPS) is 21.0. The minimum atomic E-state index is -0.995. The van der Waals surface area contributed by atoms with Crippen LogP contribution in [0, 0.1) is 0 Å². The highest BCUT2D eigenvalue weighted by molar-refractivity contribution is 8.00. The van der Waals surface area contributed by atoms with Crippen LogP contribution in [0.5, 0.6) is 0 Å². The van der Waals surface area contributed by atoms with Gasteiger partial charge in [-0.15, -0.1) is 0 Å². The summed E-state index contributed by atoms with van der Waals surface area (Å²) in [6, 6.07) is 4.76. The number of anilines is 1. The number of ketones is 2. The van der Waals surface area contributed by atoms with E-state index < -0.39 is 23.8 Å². The van der Waals surface area contributed by atoms with E-state index in [1.807, 2.05) is 38.2 Å². The van der Waals surface area contributed by atoms with Crippen LogP contribution in [0.3, 0.4) is 0 Å². The predicted molar refractivity (Wildman–Crippen MR) is 355 cm³/mol. The van der Waals surface area contributed by atoms with Gasteiger partial charge in [0.15, 0.2) is 11.9 Å². The van der Waals surface area contributed by atoms with Crippen LogP contribution in [0.2, 0.25) is 0 Å². The summed E-state index contributed by atoms with van der Waals surface area (Å²) in [5.41, 5.74) is 12.1. The van der Waals surface area contributed by atoms with E-state index in [1.165, 1.54) is 18.2 Å². The summed E-state index contributed by atoms with van der Waals surface area (Å²) in [6.07, 6.45) is 8.53. The number of nitrogens with zero attached hydrogens (tertiary/aromatic N) is 6. The minimum Gasteiger partial charge on any atom is -0.480 e. The number of carbonyl (C=O) groups excluding carboxylic acids is 8. The highest BCUT2D eigenvalue weighted by atomic mass is 32.2. The lowest BCUT2D eigenvalue weighted by Crippen LogP contribution is -2.49. The third-order valence-corrected chi connectivity index (χ3v) is 19.2. The molecule has 3 fully saturated rings. The van der Waals surface area contributed by atoms with Crippen LogP contribution in [0.1, 0.15) is 97.8 Å². The van der Waals surface area contributed by atoms with Crippen molar-refractivity contribution >= 4 is 95.4 Å². The van der Waals surface area contributed by atoms with Crippen LogP contribution in [0.4, 0.5) is 10.5 Å². The molecular weight excluding hydrogens is 1260 g/mol. The molecule has 5 amide bonds. The molecule has 0 unspecified atom stereocenters. The number of Topliss-reactive ketones (excluding diaryl/α,β-unsaturated/α-hetero) is 2. The van der Waals surface area contributed by atoms with Gasteiger partial charge >= 0.3 is 12.0 Å². The Hall–Kier alpha value is -6.43. The first-order chi connectivity index (χ1) is 45.7. The van der Waals surface area contributed by atoms with Gasteiger partial charge in [-0.05, 0) is 56.7 Å². The summed E-state index contributed by atoms with van der Waals surface area (Å²) in [4.78, 5) is 128. The Balaban J connectivity index is 0.860. The maximum atomic E-state index is 13.5. The summed E-state index contributed by atoms with van der Waals surface area (Å²) in [5.74, 6) is 1.13. The molecule has 0 radical (unpaired) electrons. The summed E-state index contributed by atoms with van der Waals surface area (Å²) < 4.78 is 32.7. The zero-order chi connectivity index (χ0) is 67.1. The number of urea groups is 1. The fourth-order valence-electron chi connectivity index (χ4n) is 11.3. The van der Waals surface area contributed by atoms with Crippen LogP contribution < -0.4 is 48.7 Å². The van der Waals surface area contributed by atoms with Gasteiger partial charge in [0.2, 0.25) is 5.91 Å². The molecule has 6 atom stereocenters. The Morgan fingerprint density at radius 2 is 0.947 bits per heavy atom. The van der Waals surface area contributed by atoms with E-state index in [9.17, 15) is 48.3 Å². The molecule has 33 heteroatoms. The van der Waals surface area contributed by atoms with Crippen molar-refractivity contribution in [2.45, 2.75) is 112 Å². The molecule has 1 aromatic carbocycles. The number of aliphatic carboxylic acids is 1. The van der Waals surface area contributed by atoms with E-state index in [4.69, 9.17) is 39.9 Å². The number of carbonyl (C=O) groups is 9. The average molecular weight is 1360 g/mol. The van der Waals surface area contributed by atoms with Gasteiger partial charge in [0.05, 0.1) is 76.9 Å². The monoisotopic (exact) mass is 1360 g/mol. The SMILES string of the molecule is NC1=N[C@H]2[C@H](CS[C@H]2CCCCC(=O)CCCOCCNC(=O)c2cc(NC(=O)NCCOCCOCCNC(=O)CN3CCN(COC=O)CCN(COC=O)CCN(CC(=O)O)CC3)cc(C(=O)NCCOCCCC(=O)CCCC[C@@H]3SC[C@@H]4NC(N)=N[C@@H]43)c2)N1. The van der Waals surface area contributed by atoms with Gasteiger partial charge in [-0.25, -0.2) is 14.8 Å². The van der Waals surface area contributed by atoms with Gasteiger partial charge in [0, 0.05) is 156 Å². The molecule has 94 heavy (non-hydrogen) atoms. The van der Waals surface area contributed by atoms with Crippen molar-refractivity contribution in [3.8, 4) is 0 Å². The molecule has 0 bridgehead atoms. The lowest BCUT2D eigenvalue weighted by molar-refractivity contribution is -0.139. The Kier molecular flexibility index (Phi) is 36.1. The standard InChI is InChI=1S/C61H99N15O16S2/c62-59-69-49-38-93-51(55(49)71-59)11-3-1-7-47(79)9-5-25-87-28-14-65-57(84)44-33-45(58(85)66-15-29-88-26-6-10-48(80)8-2-4-12-52-56-50(39-94-52)70-60(63)72-56)35-46(34-44)68-61(86)67-16-30-90-32-31-89-27-13-64-53(81)36-73-17-18-74(37-54(82)83)20-22-76(41-92-43-78)24-23-75(21-19-73)40-91-42-77/h33-35,42-43,49-52,55-56H,1-32,36-41H2,(H,64,81)(H,65,84)(H,66,85)(H,82,83)(H3,62,69,71)(H3,63,70,72)(H2,67,68,86)/t49-,50-,51-,52-,55-,56-/m0/s1. The largest absolute Gasteiger partial charge is 0.480 e. The van der Waals surface area contributed by atoms with Crippen molar-refractivity contribution in [1.29, 1.82) is 0 Å². The smallest absolute Gasteiger partial charge is 0.319 e. The van der Waals surface area contributed by atoms with Crippen LogP contribution in [0.25, 0.3) is 0 Å². The van der Waals surface area contributed by atoms with Crippen molar-refractivity contribution in [2.24, 2.45) is 21.5 Å². The van der Waals surface area contributed by atoms with Crippen LogP contribution in [-0.2, 0) is 57.2 Å². The number of nitrogens with one attached hydrogen (secondary N) is 7. The molecular formula is C61H99N15O16S2. The quantitative estimate of drug-likeness (QED) is 0.0287. The Bertz CT molecular complexity index is 2510. The maximum Gasteiger partial charge on any atom is 0.319 e. The molecule has 31 nitrogen and oxygen atoms in total. The van der Waals surface area contributed by atoms with Gasteiger partial charge in [-0.2, -0.15) is 23.5 Å². The second-order valence-corrected chi connectivity index (χ2v) is 26.0. The molecule has 0 aliphatic carbocycles. The van der Waals surface area contributed by atoms with Gasteiger partial charge in [-0.1, -0.05) is 12.8 Å². The summed E-state index contributed by atoms with van der Waals surface area (Å²) in [5, 5.41) is 30.7. The van der Waals surface area contributed by atoms with Crippen LogP contribution in [-0.4, -0.2) is 295 Å². The lowest BCUT2D eigenvalue weighted by atomic mass is 10.0. The molecule has 0 saturated carbocycles. The highest BCUT2D eigenvalue weighted by Gasteiger charge is 2.41. The van der Waals surface area contributed by atoms with Gasteiger partial charge in [-0.3, -0.25) is 58.0 Å². The fraction of sp³-hybridized carbons (Fsp3) is 0.721. The van der Waals surface area contributed by atoms with E-state index in [2.05, 4.69) is 47.2 Å². The van der Waals surface area contributed by atoms with E-state index in [1.54, 1.807) is 4.90 Å². The fourth-order valence-corrected chi connectivity index (χ4v) is 14.3. The second kappa shape index (κ2) is 44.3. The molecule has 526 valence electrons. The number of amides is 5. The number of guanidine groups is 2. The number of ether oxygens (including phenoxy) is 6. The number of hydrogen-bond donors (Lipinski definition) is 10. The number of hydrogen-bond acceptors (Lipinski definition) is 27. The van der Waals surface area contributed by atoms with Gasteiger partial charge in [0.1, 0.15) is 25.0 Å². The topological polar surface area (TPSA) is 403 Å². The van der Waals surface area contributed by atoms with Crippen LogP contribution in [0.15, 0.2) is 28.2 Å². The molecule has 0 aromatic heterocycles. The number of rotatable bonds is 46. The molecule has 0 spiro atoms. The summed E-state index contributed by atoms with van der Waals surface area (Å²) in [6.45, 7) is 6.24. The zero-order valence-electron chi connectivity index (χ0n) is 53.9. The van der Waals surface area contributed by atoms with Gasteiger partial charge in [0.25, 0.3) is 24.8 Å². The predicted octanol–water partition coefficient (Wildman–Crippen LogP) is -0.622. The number of thioether (sulfide) groups is 2. The van der Waals surface area contributed by atoms with E-state index in [0.29, 0.717) is 152 Å². The number of nitrogens with two attached hydrogens (primary N) is 2. The van der Waals surface area contributed by atoms with E-state index in [0.717, 1.165) is 50.0 Å². The Morgan fingerprint density at radius 1 is 0.532 bits per heavy atom. The number of carboxylic acid groups (broad SMARTS) is 1. The second-order valence-electron chi connectivity index (χ2n) is 23.5. The number of unbranched alkanes of at least 4 members (excludes halogenated alkanes) is 2. The third kappa shape index (κ3) is 30.1. The van der Waals surface area contributed by atoms with E-state index >= 15 is 0 Å². The number of carboxylic acids is 1. The molecule has 1 aromatic rings. The first-order valence-electron chi connectivity index (χ1n) is 32.7. The van der Waals surface area contributed by atoms with Crippen molar-refractivity contribution in [3.63, 3.8) is 0 Å². The molecule has 5 heterocycles. The maximum absolute atomic E-state index is 13.5. The molecule has 3 saturated heterocycles. The number of benzene rings is 1. The van der Waals surface area contributed by atoms with E-state index in [-0.39, 0.29) is 139 Å². The Morgan fingerprint density at radius 3 is 1.40 bits per heavy atom. The third-order valence-electron chi connectivity index (χ3n) is 16.2. The minimum absolute atomic E-state index is 0.0219. The Labute approximate surface area is 558 Å². The van der Waals surface area contributed by atoms with Crippen LogP contribution >= 0.6 is 23.5 Å². The lowest BCUT2D eigenvalue weighted by Gasteiger charge is -2.33. The van der Waals surface area contributed by atoms with Crippen molar-refractivity contribution in [2.75, 3.05) is 175 Å². The first-order valence-corrected chi connectivity index (χ1v) is 34.8. The summed E-state index contributed by atoms with van der Waals surface area (Å²) >= 11 is 3.83. The first kappa shape index (κ1) is 76.6. The number of aliphatic imine (C=N–C) groups is 2. The molecule has 12 N–H and O–H groups in total. The molecule has 5 aliphatic rings. The molecule has 5 aliphatic heterocycles. The molecule has 6 rings (SSSR count). The van der Waals surface area contributed by atoms with Crippen molar-refractivity contribution in [1.82, 2.24) is 51.5 Å².